The largest absolute Gasteiger partial charge is 0.475 e. The molecule has 1 aromatic carbocycles. The van der Waals surface area contributed by atoms with Gasteiger partial charge in [0.1, 0.15) is 0 Å². The number of aliphatic hydroxyl groups excluding tert-OH is 1. The maximum absolute atomic E-state index is 12.3. The third-order valence-corrected chi connectivity index (χ3v) is 5.57. The monoisotopic (exact) mass is 461 g/mol. The third kappa shape index (κ3) is 6.00. The minimum atomic E-state index is -1.17. The zero-order chi connectivity index (χ0) is 23.8. The number of ether oxygens (including phenoxy) is 4. The van der Waals surface area contributed by atoms with Crippen molar-refractivity contribution in [2.75, 3.05) is 39.6 Å². The van der Waals surface area contributed by atoms with Crippen LogP contribution in [0.2, 0.25) is 0 Å². The van der Waals surface area contributed by atoms with Crippen molar-refractivity contribution in [3.05, 3.63) is 47.9 Å². The fraction of sp³-hybridized carbons (Fsp3) is 0.500. The predicted octanol–water partition coefficient (Wildman–Crippen LogP) is 2.78. The molecule has 0 spiro atoms. The highest BCUT2D eigenvalue weighted by atomic mass is 16.7. The predicted molar refractivity (Wildman–Crippen MR) is 120 cm³/mol. The highest BCUT2D eigenvalue weighted by Gasteiger charge is 2.39. The van der Waals surface area contributed by atoms with Crippen LogP contribution in [0.5, 0.6) is 0 Å². The number of nitrogens with zero attached hydrogens (tertiary/aromatic N) is 1. The van der Waals surface area contributed by atoms with Gasteiger partial charge in [0.25, 0.3) is 0 Å². The summed E-state index contributed by atoms with van der Waals surface area (Å²) in [5.74, 6) is -2.07. The van der Waals surface area contributed by atoms with E-state index in [1.165, 1.54) is 6.92 Å². The molecule has 2 heterocycles. The summed E-state index contributed by atoms with van der Waals surface area (Å²) in [6.45, 7) is 5.02. The van der Waals surface area contributed by atoms with E-state index < -0.39 is 12.3 Å². The number of para-hydroxylation sites is 1. The van der Waals surface area contributed by atoms with Crippen LogP contribution < -0.4 is 0 Å². The normalized spacial score (nSPS) is 20.5. The van der Waals surface area contributed by atoms with Gasteiger partial charge in [-0.3, -0.25) is 9.36 Å². The second kappa shape index (κ2) is 11.9. The molecule has 2 aromatic rings. The summed E-state index contributed by atoms with van der Waals surface area (Å²) < 4.78 is 24.0. The van der Waals surface area contributed by atoms with Crippen molar-refractivity contribution in [3.8, 4) is 0 Å². The number of fused-ring (bicyclic) bond motifs is 1. The Morgan fingerprint density at radius 3 is 2.52 bits per heavy atom. The highest BCUT2D eigenvalue weighted by molar-refractivity contribution is 5.94. The topological polar surface area (TPSA) is 116 Å². The number of aliphatic hydroxyl groups is 1. The molecule has 0 aliphatic carbocycles. The van der Waals surface area contributed by atoms with Gasteiger partial charge in [0, 0.05) is 43.6 Å². The lowest BCUT2D eigenvalue weighted by atomic mass is 9.81. The molecule has 3 atom stereocenters. The lowest BCUT2D eigenvalue weighted by Crippen LogP contribution is -2.37. The van der Waals surface area contributed by atoms with Crippen molar-refractivity contribution in [2.24, 2.45) is 5.92 Å². The molecule has 0 bridgehead atoms. The standard InChI is InChI=1S/C24H31NO8/c1-3-32-24-18(8-10-30-12-13-31-11-9-26)19(14-22(33-24)23(28)29)20-15-25(16(2)27)21-7-5-4-6-17(20)21/h4-7,14-15,18-19,24,26H,3,8-13H2,1-2H3,(H,28,29)/t18-,19-,24+/m1/s1. The summed E-state index contributed by atoms with van der Waals surface area (Å²) >= 11 is 0. The third-order valence-electron chi connectivity index (χ3n) is 5.57. The number of carboxylic acids is 1. The van der Waals surface area contributed by atoms with Crippen molar-refractivity contribution < 1.29 is 38.7 Å². The van der Waals surface area contributed by atoms with Crippen LogP contribution in [0.1, 0.15) is 36.5 Å². The Morgan fingerprint density at radius 1 is 1.12 bits per heavy atom. The van der Waals surface area contributed by atoms with Crippen LogP contribution in [0.3, 0.4) is 0 Å². The fourth-order valence-electron chi connectivity index (χ4n) is 4.13. The van der Waals surface area contributed by atoms with Crippen LogP contribution in [0.25, 0.3) is 10.9 Å². The molecule has 0 saturated heterocycles. The van der Waals surface area contributed by atoms with E-state index in [9.17, 15) is 14.7 Å². The van der Waals surface area contributed by atoms with Crippen LogP contribution in [0, 0.1) is 5.92 Å². The maximum Gasteiger partial charge on any atom is 0.370 e. The minimum Gasteiger partial charge on any atom is -0.475 e. The van der Waals surface area contributed by atoms with Gasteiger partial charge in [-0.15, -0.1) is 0 Å². The molecular formula is C24H31NO8. The van der Waals surface area contributed by atoms with E-state index >= 15 is 0 Å². The van der Waals surface area contributed by atoms with E-state index in [2.05, 4.69) is 0 Å². The first-order valence-corrected chi connectivity index (χ1v) is 11.1. The first-order chi connectivity index (χ1) is 16.0. The molecule has 0 radical (unpaired) electrons. The lowest BCUT2D eigenvalue weighted by Gasteiger charge is -2.36. The number of allylic oxidation sites excluding steroid dienone is 1. The Balaban J connectivity index is 1.92. The molecule has 180 valence electrons. The van der Waals surface area contributed by atoms with Crippen LogP contribution >= 0.6 is 0 Å². The number of aromatic nitrogens is 1. The average Bonchev–Trinajstić information content (AvgIpc) is 3.19. The summed E-state index contributed by atoms with van der Waals surface area (Å²) in [5.41, 5.74) is 1.60. The first kappa shape index (κ1) is 24.9. The van der Waals surface area contributed by atoms with Crippen molar-refractivity contribution in [1.29, 1.82) is 0 Å². The molecule has 1 aromatic heterocycles. The Hall–Kier alpha value is -2.72. The number of benzene rings is 1. The van der Waals surface area contributed by atoms with Gasteiger partial charge in [-0.05, 0) is 31.1 Å². The Kier molecular flexibility index (Phi) is 9.02. The van der Waals surface area contributed by atoms with Gasteiger partial charge in [0.15, 0.2) is 0 Å². The van der Waals surface area contributed by atoms with E-state index in [-0.39, 0.29) is 36.7 Å². The van der Waals surface area contributed by atoms with Crippen molar-refractivity contribution in [3.63, 3.8) is 0 Å². The average molecular weight is 462 g/mol. The Labute approximate surface area is 192 Å². The second-order valence-electron chi connectivity index (χ2n) is 7.69. The zero-order valence-electron chi connectivity index (χ0n) is 18.9. The molecule has 1 aliphatic heterocycles. The molecule has 0 unspecified atom stereocenters. The number of carboxylic acid groups (broad SMARTS) is 1. The van der Waals surface area contributed by atoms with Gasteiger partial charge < -0.3 is 29.2 Å². The molecule has 9 heteroatoms. The van der Waals surface area contributed by atoms with Gasteiger partial charge in [-0.25, -0.2) is 4.79 Å². The summed E-state index contributed by atoms with van der Waals surface area (Å²) in [5, 5.41) is 19.3. The van der Waals surface area contributed by atoms with Crippen LogP contribution in [-0.4, -0.2) is 72.6 Å². The summed E-state index contributed by atoms with van der Waals surface area (Å²) in [6.07, 6.45) is 3.14. The number of carbonyl (C=O) groups excluding carboxylic acids is 1. The number of hydrogen-bond acceptors (Lipinski definition) is 7. The second-order valence-corrected chi connectivity index (χ2v) is 7.69. The van der Waals surface area contributed by atoms with Gasteiger partial charge in [0.05, 0.1) is 31.9 Å². The summed E-state index contributed by atoms with van der Waals surface area (Å²) in [7, 11) is 0. The summed E-state index contributed by atoms with van der Waals surface area (Å²) in [4.78, 5) is 24.0. The Bertz CT molecular complexity index is 982. The molecule has 0 amide bonds. The van der Waals surface area contributed by atoms with Crippen LogP contribution in [-0.2, 0) is 23.7 Å². The molecule has 9 nitrogen and oxygen atoms in total. The number of carbonyl (C=O) groups is 2. The van der Waals surface area contributed by atoms with E-state index in [0.717, 1.165) is 16.5 Å². The summed E-state index contributed by atoms with van der Waals surface area (Å²) in [6, 6.07) is 7.55. The highest BCUT2D eigenvalue weighted by Crippen LogP contribution is 2.42. The van der Waals surface area contributed by atoms with E-state index in [4.69, 9.17) is 24.1 Å². The maximum atomic E-state index is 12.3. The van der Waals surface area contributed by atoms with Crippen LogP contribution in [0.15, 0.2) is 42.3 Å². The van der Waals surface area contributed by atoms with E-state index in [0.29, 0.717) is 32.8 Å². The van der Waals surface area contributed by atoms with Crippen molar-refractivity contribution in [1.82, 2.24) is 4.57 Å². The number of rotatable bonds is 12. The van der Waals surface area contributed by atoms with Crippen LogP contribution in [0.4, 0.5) is 0 Å². The molecule has 33 heavy (non-hydrogen) atoms. The van der Waals surface area contributed by atoms with Gasteiger partial charge in [0.2, 0.25) is 18.0 Å². The smallest absolute Gasteiger partial charge is 0.370 e. The molecule has 2 N–H and O–H groups in total. The lowest BCUT2D eigenvalue weighted by molar-refractivity contribution is -0.174. The number of aliphatic carboxylic acids is 1. The van der Waals surface area contributed by atoms with Crippen molar-refractivity contribution >= 4 is 22.8 Å². The van der Waals surface area contributed by atoms with Gasteiger partial charge in [-0.1, -0.05) is 18.2 Å². The SMILES string of the molecule is CCO[C@H]1OC(C(=O)O)=C[C@@H](c2cn(C(C)=O)c3ccccc23)[C@H]1CCOCCOCCO. The first-order valence-electron chi connectivity index (χ1n) is 11.1. The molecule has 0 fully saturated rings. The number of hydrogen-bond donors (Lipinski definition) is 2. The molecule has 0 saturated carbocycles. The van der Waals surface area contributed by atoms with E-state index in [1.54, 1.807) is 16.8 Å². The Morgan fingerprint density at radius 2 is 1.85 bits per heavy atom. The van der Waals surface area contributed by atoms with Gasteiger partial charge in [-0.2, -0.15) is 0 Å². The molecule has 1 aliphatic rings. The quantitative estimate of drug-likeness (QED) is 0.464. The fourth-order valence-corrected chi connectivity index (χ4v) is 4.13. The molecular weight excluding hydrogens is 430 g/mol. The van der Waals surface area contributed by atoms with E-state index in [1.807, 2.05) is 31.2 Å². The zero-order valence-corrected chi connectivity index (χ0v) is 18.9. The molecule has 3 rings (SSSR count). The van der Waals surface area contributed by atoms with Gasteiger partial charge >= 0.3 is 5.97 Å². The minimum absolute atomic E-state index is 0.0385. The van der Waals surface area contributed by atoms with Crippen molar-refractivity contribution in [2.45, 2.75) is 32.5 Å².